The molecule has 1 unspecified atom stereocenters. The molecule has 0 saturated carbocycles. The Hall–Kier alpha value is -1.66. The molecule has 3 rings (SSSR count). The minimum Gasteiger partial charge on any atom is -0.337 e. The molecule has 2 aromatic rings. The van der Waals surface area contributed by atoms with Crippen molar-refractivity contribution in [3.05, 3.63) is 42.1 Å². The summed E-state index contributed by atoms with van der Waals surface area (Å²) in [6, 6.07) is 9.65. The Morgan fingerprint density at radius 3 is 2.81 bits per heavy atom. The second kappa shape index (κ2) is 5.27. The van der Waals surface area contributed by atoms with Crippen molar-refractivity contribution in [1.82, 2.24) is 9.88 Å². The van der Waals surface area contributed by atoms with E-state index in [-0.39, 0.29) is 18.9 Å². The molecule has 2 heterocycles. The molecule has 1 amide bonds. The van der Waals surface area contributed by atoms with Crippen LogP contribution in [-0.4, -0.2) is 36.0 Å². The van der Waals surface area contributed by atoms with Crippen LogP contribution < -0.4 is 0 Å². The van der Waals surface area contributed by atoms with Gasteiger partial charge >= 0.3 is 0 Å². The Morgan fingerprint density at radius 2 is 2.10 bits per heavy atom. The van der Waals surface area contributed by atoms with Gasteiger partial charge in [0.2, 0.25) is 15.0 Å². The Bertz CT molecular complexity index is 807. The smallest absolute Gasteiger partial charge is 0.237 e. The van der Waals surface area contributed by atoms with E-state index in [4.69, 9.17) is 10.7 Å². The second-order valence-electron chi connectivity index (χ2n) is 5.11. The van der Waals surface area contributed by atoms with Crippen LogP contribution >= 0.6 is 10.7 Å². The van der Waals surface area contributed by atoms with E-state index in [1.807, 2.05) is 30.3 Å². The summed E-state index contributed by atoms with van der Waals surface area (Å²) in [6.45, 7) is 0.483. The summed E-state index contributed by atoms with van der Waals surface area (Å²) in [5.74, 6) is -0.197. The first-order valence-electron chi connectivity index (χ1n) is 6.48. The maximum Gasteiger partial charge on any atom is 0.237 e. The number of para-hydroxylation sites is 1. The molecule has 1 atom stereocenters. The van der Waals surface area contributed by atoms with Crippen molar-refractivity contribution in [2.75, 3.05) is 6.54 Å². The lowest BCUT2D eigenvalue weighted by Gasteiger charge is -2.16. The van der Waals surface area contributed by atoms with Crippen molar-refractivity contribution in [2.24, 2.45) is 0 Å². The van der Waals surface area contributed by atoms with Crippen LogP contribution in [0, 0.1) is 0 Å². The number of carbonyl (C=O) groups is 1. The lowest BCUT2D eigenvalue weighted by atomic mass is 10.1. The van der Waals surface area contributed by atoms with Crippen LogP contribution in [-0.2, 0) is 20.4 Å². The first-order chi connectivity index (χ1) is 9.93. The third-order valence-corrected chi connectivity index (χ3v) is 5.47. The number of halogens is 1. The summed E-state index contributed by atoms with van der Waals surface area (Å²) >= 11 is 0. The molecule has 5 nitrogen and oxygen atoms in total. The Balaban J connectivity index is 1.81. The van der Waals surface area contributed by atoms with Gasteiger partial charge in [0.1, 0.15) is 5.25 Å². The van der Waals surface area contributed by atoms with E-state index in [2.05, 4.69) is 4.98 Å². The molecule has 1 aliphatic rings. The lowest BCUT2D eigenvalue weighted by Crippen LogP contribution is -2.26. The molecule has 7 heteroatoms. The van der Waals surface area contributed by atoms with Crippen LogP contribution in [0.1, 0.15) is 12.0 Å². The van der Waals surface area contributed by atoms with Gasteiger partial charge in [-0.15, -0.1) is 0 Å². The number of hydrogen-bond donors (Lipinski definition) is 0. The summed E-state index contributed by atoms with van der Waals surface area (Å²) in [6.07, 6.45) is 1.66. The Labute approximate surface area is 127 Å². The zero-order chi connectivity index (χ0) is 15.0. The Kier molecular flexibility index (Phi) is 3.59. The van der Waals surface area contributed by atoms with Crippen LogP contribution in [0.25, 0.3) is 10.9 Å². The third kappa shape index (κ3) is 3.01. The first kappa shape index (κ1) is 14.3. The predicted molar refractivity (Wildman–Crippen MR) is 80.3 cm³/mol. The van der Waals surface area contributed by atoms with E-state index in [0.29, 0.717) is 6.54 Å². The van der Waals surface area contributed by atoms with Crippen molar-refractivity contribution >= 4 is 36.5 Å². The van der Waals surface area contributed by atoms with E-state index in [1.54, 1.807) is 6.20 Å². The summed E-state index contributed by atoms with van der Waals surface area (Å²) in [5, 5.41) is 0.170. The minimum atomic E-state index is -3.70. The predicted octanol–water partition coefficient (Wildman–Crippen LogP) is 1.90. The normalized spacial score (nSPS) is 19.4. The van der Waals surface area contributed by atoms with Gasteiger partial charge in [-0.25, -0.2) is 8.42 Å². The van der Waals surface area contributed by atoms with Crippen molar-refractivity contribution < 1.29 is 13.2 Å². The fraction of sp³-hybridized carbons (Fsp3) is 0.286. The van der Waals surface area contributed by atoms with Gasteiger partial charge in [-0.1, -0.05) is 18.2 Å². The van der Waals surface area contributed by atoms with Crippen molar-refractivity contribution in [1.29, 1.82) is 0 Å². The van der Waals surface area contributed by atoms with E-state index in [0.717, 1.165) is 16.5 Å². The van der Waals surface area contributed by atoms with Gasteiger partial charge in [0.05, 0.1) is 5.52 Å². The summed E-state index contributed by atoms with van der Waals surface area (Å²) < 4.78 is 22.7. The van der Waals surface area contributed by atoms with Crippen molar-refractivity contribution in [2.45, 2.75) is 18.2 Å². The molecule has 1 aromatic heterocycles. The van der Waals surface area contributed by atoms with Crippen molar-refractivity contribution in [3.63, 3.8) is 0 Å². The van der Waals surface area contributed by atoms with Gasteiger partial charge in [0, 0.05) is 41.8 Å². The van der Waals surface area contributed by atoms with Crippen molar-refractivity contribution in [3.8, 4) is 0 Å². The molecule has 1 saturated heterocycles. The summed E-state index contributed by atoms with van der Waals surface area (Å²) in [4.78, 5) is 17.7. The number of aromatic nitrogens is 1. The van der Waals surface area contributed by atoms with Crippen LogP contribution in [0.4, 0.5) is 0 Å². The molecule has 0 spiro atoms. The fourth-order valence-corrected chi connectivity index (χ4v) is 3.56. The lowest BCUT2D eigenvalue weighted by molar-refractivity contribution is -0.128. The number of benzene rings is 1. The number of pyridine rings is 1. The highest BCUT2D eigenvalue weighted by Gasteiger charge is 2.37. The highest BCUT2D eigenvalue weighted by atomic mass is 35.7. The molecule has 0 aliphatic carbocycles. The number of rotatable bonds is 3. The van der Waals surface area contributed by atoms with E-state index in [1.165, 1.54) is 4.90 Å². The number of amides is 1. The number of carbonyl (C=O) groups excluding carboxylic acids is 1. The standard InChI is InChI=1S/C14H13ClN2O3S/c15-21(19,20)12-6-14(18)17(9-12)8-10-5-11-3-1-2-4-13(11)16-7-10/h1-5,7,12H,6,8-9H2. The summed E-state index contributed by atoms with van der Waals surface area (Å²) in [7, 11) is 1.63. The van der Waals surface area contributed by atoms with Gasteiger partial charge in [-0.2, -0.15) is 0 Å². The minimum absolute atomic E-state index is 0.0488. The highest BCUT2D eigenvalue weighted by molar-refractivity contribution is 8.14. The number of fused-ring (bicyclic) bond motifs is 1. The molecule has 0 bridgehead atoms. The molecular formula is C14H13ClN2O3S. The monoisotopic (exact) mass is 324 g/mol. The number of hydrogen-bond acceptors (Lipinski definition) is 4. The molecule has 0 N–H and O–H groups in total. The first-order valence-corrected chi connectivity index (χ1v) is 8.85. The zero-order valence-corrected chi connectivity index (χ0v) is 12.6. The van der Waals surface area contributed by atoms with E-state index in [9.17, 15) is 13.2 Å². The van der Waals surface area contributed by atoms with Gasteiger partial charge in [0.25, 0.3) is 0 Å². The average molecular weight is 325 g/mol. The maximum atomic E-state index is 11.9. The molecule has 0 radical (unpaired) electrons. The zero-order valence-electron chi connectivity index (χ0n) is 11.1. The number of nitrogens with zero attached hydrogens (tertiary/aromatic N) is 2. The molecule has 1 aromatic carbocycles. The quantitative estimate of drug-likeness (QED) is 0.809. The largest absolute Gasteiger partial charge is 0.337 e. The Morgan fingerprint density at radius 1 is 1.33 bits per heavy atom. The SMILES string of the molecule is O=C1CC(S(=O)(=O)Cl)CN1Cc1cnc2ccccc2c1. The highest BCUT2D eigenvalue weighted by Crippen LogP contribution is 2.23. The second-order valence-corrected chi connectivity index (χ2v) is 8.02. The van der Waals surface area contributed by atoms with Gasteiger partial charge in [-0.05, 0) is 17.7 Å². The van der Waals surface area contributed by atoms with Crippen LogP contribution in [0.5, 0.6) is 0 Å². The molecule has 1 aliphatic heterocycles. The van der Waals surface area contributed by atoms with Gasteiger partial charge in [0.15, 0.2) is 0 Å². The van der Waals surface area contributed by atoms with Gasteiger partial charge in [-0.3, -0.25) is 9.78 Å². The van der Waals surface area contributed by atoms with Crippen LogP contribution in [0.2, 0.25) is 0 Å². The summed E-state index contributed by atoms with van der Waals surface area (Å²) in [5.41, 5.74) is 1.75. The van der Waals surface area contributed by atoms with E-state index >= 15 is 0 Å². The number of likely N-dealkylation sites (tertiary alicyclic amines) is 1. The average Bonchev–Trinajstić information content (AvgIpc) is 2.80. The third-order valence-electron chi connectivity index (χ3n) is 3.60. The van der Waals surface area contributed by atoms with Crippen LogP contribution in [0.3, 0.4) is 0 Å². The maximum absolute atomic E-state index is 11.9. The molecule has 1 fully saturated rings. The molecular weight excluding hydrogens is 312 g/mol. The molecule has 21 heavy (non-hydrogen) atoms. The molecule has 110 valence electrons. The topological polar surface area (TPSA) is 67.3 Å². The van der Waals surface area contributed by atoms with Crippen LogP contribution in [0.15, 0.2) is 36.5 Å². The van der Waals surface area contributed by atoms with E-state index < -0.39 is 14.3 Å². The fourth-order valence-electron chi connectivity index (χ4n) is 2.50. The van der Waals surface area contributed by atoms with Gasteiger partial charge < -0.3 is 4.90 Å².